The average Bonchev–Trinajstić information content (AvgIpc) is 2.42. The predicted molar refractivity (Wildman–Crippen MR) is 75.0 cm³/mol. The first kappa shape index (κ1) is 15.0. The Balaban J connectivity index is 2.14. The number of ether oxygens (including phenoxy) is 2. The molecule has 0 aromatic heterocycles. The second kappa shape index (κ2) is 9.92. The molecule has 1 aromatic rings. The Morgan fingerprint density at radius 1 is 1.06 bits per heavy atom. The van der Waals surface area contributed by atoms with E-state index in [1.54, 1.807) is 0 Å². The highest BCUT2D eigenvalue weighted by atomic mass is 16.5. The molecule has 0 aliphatic rings. The van der Waals surface area contributed by atoms with Crippen LogP contribution in [0.3, 0.4) is 0 Å². The van der Waals surface area contributed by atoms with Crippen LogP contribution >= 0.6 is 0 Å². The van der Waals surface area contributed by atoms with Crippen molar-refractivity contribution in [1.29, 1.82) is 0 Å². The van der Waals surface area contributed by atoms with Crippen molar-refractivity contribution in [3.63, 3.8) is 0 Å². The Kier molecular flexibility index (Phi) is 8.26. The van der Waals surface area contributed by atoms with Gasteiger partial charge in [0.1, 0.15) is 5.75 Å². The van der Waals surface area contributed by atoms with E-state index in [0.717, 1.165) is 51.5 Å². The molecular formula is C15H25NO2. The molecule has 0 atom stereocenters. The second-order valence-electron chi connectivity index (χ2n) is 4.22. The molecule has 0 unspecified atom stereocenters. The zero-order valence-electron chi connectivity index (χ0n) is 11.6. The molecule has 0 radical (unpaired) electrons. The maximum Gasteiger partial charge on any atom is 0.119 e. The maximum atomic E-state index is 5.54. The van der Waals surface area contributed by atoms with Crippen LogP contribution in [0.1, 0.15) is 32.3 Å². The van der Waals surface area contributed by atoms with Gasteiger partial charge in [-0.2, -0.15) is 0 Å². The van der Waals surface area contributed by atoms with E-state index < -0.39 is 0 Å². The van der Waals surface area contributed by atoms with Crippen LogP contribution in [-0.2, 0) is 11.3 Å². The van der Waals surface area contributed by atoms with E-state index in [1.807, 2.05) is 19.1 Å². The van der Waals surface area contributed by atoms with Crippen molar-refractivity contribution in [2.24, 2.45) is 0 Å². The minimum Gasteiger partial charge on any atom is -0.494 e. The summed E-state index contributed by atoms with van der Waals surface area (Å²) in [6, 6.07) is 8.29. The fraction of sp³-hybridized carbons (Fsp3) is 0.600. The van der Waals surface area contributed by atoms with E-state index in [4.69, 9.17) is 9.47 Å². The van der Waals surface area contributed by atoms with Crippen LogP contribution in [0.2, 0.25) is 0 Å². The van der Waals surface area contributed by atoms with E-state index in [-0.39, 0.29) is 0 Å². The molecule has 18 heavy (non-hydrogen) atoms. The van der Waals surface area contributed by atoms with Gasteiger partial charge in [0, 0.05) is 19.8 Å². The molecule has 3 heteroatoms. The SMILES string of the molecule is CCCOc1ccc(CNCCCOCC)cc1. The van der Waals surface area contributed by atoms with E-state index in [9.17, 15) is 0 Å². The summed E-state index contributed by atoms with van der Waals surface area (Å²) in [4.78, 5) is 0. The van der Waals surface area contributed by atoms with E-state index >= 15 is 0 Å². The molecule has 0 heterocycles. The van der Waals surface area contributed by atoms with Gasteiger partial charge in [0.15, 0.2) is 0 Å². The van der Waals surface area contributed by atoms with E-state index in [0.29, 0.717) is 0 Å². The van der Waals surface area contributed by atoms with Gasteiger partial charge in [0.05, 0.1) is 6.61 Å². The quantitative estimate of drug-likeness (QED) is 0.648. The lowest BCUT2D eigenvalue weighted by Gasteiger charge is -2.07. The van der Waals surface area contributed by atoms with Crippen LogP contribution in [0.4, 0.5) is 0 Å². The molecule has 102 valence electrons. The number of nitrogens with one attached hydrogen (secondary N) is 1. The topological polar surface area (TPSA) is 30.5 Å². The summed E-state index contributed by atoms with van der Waals surface area (Å²) < 4.78 is 10.8. The summed E-state index contributed by atoms with van der Waals surface area (Å²) in [5, 5.41) is 3.40. The van der Waals surface area contributed by atoms with Gasteiger partial charge in [0.2, 0.25) is 0 Å². The lowest BCUT2D eigenvalue weighted by atomic mass is 10.2. The Morgan fingerprint density at radius 2 is 1.83 bits per heavy atom. The Bertz CT molecular complexity index is 298. The van der Waals surface area contributed by atoms with Crippen molar-refractivity contribution >= 4 is 0 Å². The third kappa shape index (κ3) is 6.62. The van der Waals surface area contributed by atoms with Gasteiger partial charge in [-0.05, 0) is 44.0 Å². The van der Waals surface area contributed by atoms with Crippen LogP contribution < -0.4 is 10.1 Å². The molecule has 0 aliphatic carbocycles. The Hall–Kier alpha value is -1.06. The van der Waals surface area contributed by atoms with Crippen molar-refractivity contribution in [3.8, 4) is 5.75 Å². The molecule has 1 N–H and O–H groups in total. The maximum absolute atomic E-state index is 5.54. The summed E-state index contributed by atoms with van der Waals surface area (Å²) in [6.45, 7) is 8.46. The molecule has 0 aliphatic heterocycles. The third-order valence-electron chi connectivity index (χ3n) is 2.57. The number of hydrogen-bond acceptors (Lipinski definition) is 3. The molecule has 0 fully saturated rings. The van der Waals surface area contributed by atoms with Gasteiger partial charge in [0.25, 0.3) is 0 Å². The average molecular weight is 251 g/mol. The van der Waals surface area contributed by atoms with Crippen LogP contribution in [0.15, 0.2) is 24.3 Å². The number of hydrogen-bond donors (Lipinski definition) is 1. The van der Waals surface area contributed by atoms with Gasteiger partial charge < -0.3 is 14.8 Å². The van der Waals surface area contributed by atoms with Gasteiger partial charge in [-0.1, -0.05) is 19.1 Å². The largest absolute Gasteiger partial charge is 0.494 e. The molecule has 1 rings (SSSR count). The third-order valence-corrected chi connectivity index (χ3v) is 2.57. The lowest BCUT2D eigenvalue weighted by Crippen LogP contribution is -2.16. The molecular weight excluding hydrogens is 226 g/mol. The highest BCUT2D eigenvalue weighted by Gasteiger charge is 1.95. The highest BCUT2D eigenvalue weighted by Crippen LogP contribution is 2.12. The summed E-state index contributed by atoms with van der Waals surface area (Å²) in [7, 11) is 0. The summed E-state index contributed by atoms with van der Waals surface area (Å²) in [5.41, 5.74) is 1.29. The van der Waals surface area contributed by atoms with Crippen LogP contribution in [0, 0.1) is 0 Å². The molecule has 0 saturated heterocycles. The summed E-state index contributed by atoms with van der Waals surface area (Å²) in [5.74, 6) is 0.956. The first-order chi connectivity index (χ1) is 8.86. The van der Waals surface area contributed by atoms with Crippen molar-refractivity contribution in [1.82, 2.24) is 5.32 Å². The fourth-order valence-corrected chi connectivity index (χ4v) is 1.60. The molecule has 3 nitrogen and oxygen atoms in total. The summed E-state index contributed by atoms with van der Waals surface area (Å²) in [6.07, 6.45) is 2.11. The zero-order chi connectivity index (χ0) is 13.1. The molecule has 0 spiro atoms. The van der Waals surface area contributed by atoms with Crippen molar-refractivity contribution < 1.29 is 9.47 Å². The normalized spacial score (nSPS) is 10.6. The fourth-order valence-electron chi connectivity index (χ4n) is 1.60. The zero-order valence-corrected chi connectivity index (χ0v) is 11.6. The van der Waals surface area contributed by atoms with Crippen molar-refractivity contribution in [2.45, 2.75) is 33.2 Å². The van der Waals surface area contributed by atoms with E-state index in [1.165, 1.54) is 5.56 Å². The Morgan fingerprint density at radius 3 is 2.50 bits per heavy atom. The second-order valence-corrected chi connectivity index (χ2v) is 4.22. The minimum atomic E-state index is 0.787. The van der Waals surface area contributed by atoms with Gasteiger partial charge in [-0.25, -0.2) is 0 Å². The van der Waals surface area contributed by atoms with Crippen molar-refractivity contribution in [3.05, 3.63) is 29.8 Å². The van der Waals surface area contributed by atoms with Crippen LogP contribution in [0.5, 0.6) is 5.75 Å². The lowest BCUT2D eigenvalue weighted by molar-refractivity contribution is 0.144. The van der Waals surface area contributed by atoms with Crippen LogP contribution in [-0.4, -0.2) is 26.4 Å². The number of rotatable bonds is 10. The van der Waals surface area contributed by atoms with Gasteiger partial charge in [-0.3, -0.25) is 0 Å². The first-order valence-corrected chi connectivity index (χ1v) is 6.87. The Labute approximate surface area is 110 Å². The smallest absolute Gasteiger partial charge is 0.119 e. The van der Waals surface area contributed by atoms with Gasteiger partial charge in [-0.15, -0.1) is 0 Å². The predicted octanol–water partition coefficient (Wildman–Crippen LogP) is 2.99. The number of benzene rings is 1. The molecule has 0 amide bonds. The molecule has 0 saturated carbocycles. The van der Waals surface area contributed by atoms with Crippen LogP contribution in [0.25, 0.3) is 0 Å². The molecule has 1 aromatic carbocycles. The standard InChI is InChI=1S/C15H25NO2/c1-3-11-18-15-8-6-14(7-9-15)13-16-10-5-12-17-4-2/h6-9,16H,3-5,10-13H2,1-2H3. The highest BCUT2D eigenvalue weighted by molar-refractivity contribution is 5.27. The van der Waals surface area contributed by atoms with Gasteiger partial charge >= 0.3 is 0 Å². The van der Waals surface area contributed by atoms with E-state index in [2.05, 4.69) is 24.4 Å². The summed E-state index contributed by atoms with van der Waals surface area (Å²) >= 11 is 0. The molecule has 0 bridgehead atoms. The van der Waals surface area contributed by atoms with Crippen molar-refractivity contribution in [2.75, 3.05) is 26.4 Å². The first-order valence-electron chi connectivity index (χ1n) is 6.87. The monoisotopic (exact) mass is 251 g/mol. The minimum absolute atomic E-state index is 0.787.